The average molecular weight is 314 g/mol. The Kier molecular flexibility index (Phi) is 3.56. The number of hydrogen-bond donors (Lipinski definition) is 1. The van der Waals surface area contributed by atoms with Crippen molar-refractivity contribution in [1.82, 2.24) is 9.78 Å². The Labute approximate surface area is 113 Å². The SMILES string of the molecule is CCc1nn(C)c(Oc2ccc(Br)cc2F)c1N. The molecule has 0 aliphatic carbocycles. The summed E-state index contributed by atoms with van der Waals surface area (Å²) in [7, 11) is 1.71. The van der Waals surface area contributed by atoms with Gasteiger partial charge in [0.25, 0.3) is 0 Å². The lowest BCUT2D eigenvalue weighted by Crippen LogP contribution is -1.98. The van der Waals surface area contributed by atoms with Crippen molar-refractivity contribution < 1.29 is 9.13 Å². The summed E-state index contributed by atoms with van der Waals surface area (Å²) >= 11 is 3.19. The van der Waals surface area contributed by atoms with Crippen molar-refractivity contribution in [2.75, 3.05) is 5.73 Å². The third-order valence-corrected chi connectivity index (χ3v) is 3.03. The van der Waals surface area contributed by atoms with Gasteiger partial charge >= 0.3 is 0 Å². The fourth-order valence-corrected chi connectivity index (χ4v) is 1.96. The largest absolute Gasteiger partial charge is 0.434 e. The van der Waals surface area contributed by atoms with Crippen LogP contribution in [0.1, 0.15) is 12.6 Å². The summed E-state index contributed by atoms with van der Waals surface area (Å²) in [5, 5.41) is 4.21. The first-order chi connectivity index (χ1) is 8.52. The lowest BCUT2D eigenvalue weighted by molar-refractivity contribution is 0.405. The van der Waals surface area contributed by atoms with E-state index in [9.17, 15) is 4.39 Å². The van der Waals surface area contributed by atoms with E-state index in [-0.39, 0.29) is 5.75 Å². The number of nitrogens with zero attached hydrogens (tertiary/aromatic N) is 2. The van der Waals surface area contributed by atoms with Gasteiger partial charge in [0.1, 0.15) is 5.69 Å². The molecule has 0 radical (unpaired) electrons. The zero-order chi connectivity index (χ0) is 13.3. The summed E-state index contributed by atoms with van der Waals surface area (Å²) in [6.07, 6.45) is 0.700. The summed E-state index contributed by atoms with van der Waals surface area (Å²) in [6, 6.07) is 4.58. The summed E-state index contributed by atoms with van der Waals surface area (Å²) in [6.45, 7) is 1.95. The summed E-state index contributed by atoms with van der Waals surface area (Å²) < 4.78 is 21.3. The van der Waals surface area contributed by atoms with Gasteiger partial charge in [0.05, 0.1) is 5.69 Å². The molecule has 0 saturated heterocycles. The molecule has 0 bridgehead atoms. The zero-order valence-corrected chi connectivity index (χ0v) is 11.7. The van der Waals surface area contributed by atoms with Crippen molar-refractivity contribution in [2.45, 2.75) is 13.3 Å². The van der Waals surface area contributed by atoms with Crippen molar-refractivity contribution in [3.8, 4) is 11.6 Å². The van der Waals surface area contributed by atoms with Crippen molar-refractivity contribution in [2.24, 2.45) is 7.05 Å². The van der Waals surface area contributed by atoms with Crippen LogP contribution in [-0.4, -0.2) is 9.78 Å². The second-order valence-corrected chi connectivity index (χ2v) is 4.74. The van der Waals surface area contributed by atoms with Gasteiger partial charge in [0, 0.05) is 11.5 Å². The molecule has 1 aromatic heterocycles. The molecular weight excluding hydrogens is 301 g/mol. The molecule has 0 aliphatic rings. The van der Waals surface area contributed by atoms with Crippen LogP contribution in [0.2, 0.25) is 0 Å². The summed E-state index contributed by atoms with van der Waals surface area (Å²) in [4.78, 5) is 0. The monoisotopic (exact) mass is 313 g/mol. The molecule has 1 aromatic carbocycles. The van der Waals surface area contributed by atoms with Crippen LogP contribution in [0.25, 0.3) is 0 Å². The zero-order valence-electron chi connectivity index (χ0n) is 10.1. The van der Waals surface area contributed by atoms with Gasteiger partial charge in [-0.1, -0.05) is 22.9 Å². The number of anilines is 1. The molecule has 2 N–H and O–H groups in total. The second-order valence-electron chi connectivity index (χ2n) is 3.82. The number of hydrogen-bond acceptors (Lipinski definition) is 3. The smallest absolute Gasteiger partial charge is 0.241 e. The first kappa shape index (κ1) is 12.9. The molecule has 6 heteroatoms. The Morgan fingerprint density at radius 1 is 1.50 bits per heavy atom. The quantitative estimate of drug-likeness (QED) is 0.946. The number of nitrogens with two attached hydrogens (primary N) is 1. The lowest BCUT2D eigenvalue weighted by Gasteiger charge is -2.07. The van der Waals surface area contributed by atoms with Crippen molar-refractivity contribution >= 4 is 21.6 Å². The molecule has 0 spiro atoms. The van der Waals surface area contributed by atoms with E-state index < -0.39 is 5.82 Å². The molecule has 0 atom stereocenters. The normalized spacial score (nSPS) is 10.7. The molecule has 18 heavy (non-hydrogen) atoms. The maximum atomic E-state index is 13.7. The third-order valence-electron chi connectivity index (χ3n) is 2.54. The molecule has 96 valence electrons. The number of halogens is 2. The fourth-order valence-electron chi connectivity index (χ4n) is 1.62. The Morgan fingerprint density at radius 3 is 2.78 bits per heavy atom. The van der Waals surface area contributed by atoms with Crippen LogP contribution in [0, 0.1) is 5.82 Å². The first-order valence-corrected chi connectivity index (χ1v) is 6.26. The highest BCUT2D eigenvalue weighted by Crippen LogP contribution is 2.32. The van der Waals surface area contributed by atoms with Crippen LogP contribution in [0.3, 0.4) is 0 Å². The average Bonchev–Trinajstić information content (AvgIpc) is 2.59. The second kappa shape index (κ2) is 4.97. The number of rotatable bonds is 3. The van der Waals surface area contributed by atoms with Crippen LogP contribution in [0.5, 0.6) is 11.6 Å². The minimum atomic E-state index is -0.456. The topological polar surface area (TPSA) is 53.1 Å². The van der Waals surface area contributed by atoms with E-state index in [0.29, 0.717) is 22.5 Å². The van der Waals surface area contributed by atoms with Gasteiger partial charge in [-0.3, -0.25) is 0 Å². The summed E-state index contributed by atoms with van der Waals surface area (Å²) in [5.74, 6) is 0.0200. The maximum absolute atomic E-state index is 13.7. The molecule has 2 aromatic rings. The molecule has 0 saturated carbocycles. The van der Waals surface area contributed by atoms with Crippen LogP contribution < -0.4 is 10.5 Å². The van der Waals surface area contributed by atoms with Crippen LogP contribution >= 0.6 is 15.9 Å². The van der Waals surface area contributed by atoms with Gasteiger partial charge in [0.2, 0.25) is 5.88 Å². The number of benzene rings is 1. The molecule has 2 rings (SSSR count). The third kappa shape index (κ3) is 2.33. The number of ether oxygens (including phenoxy) is 1. The minimum Gasteiger partial charge on any atom is -0.434 e. The minimum absolute atomic E-state index is 0.121. The van der Waals surface area contributed by atoms with Gasteiger partial charge in [-0.05, 0) is 24.6 Å². The maximum Gasteiger partial charge on any atom is 0.241 e. The van der Waals surface area contributed by atoms with Gasteiger partial charge in [-0.25, -0.2) is 9.07 Å². The highest BCUT2D eigenvalue weighted by Gasteiger charge is 2.15. The van der Waals surface area contributed by atoms with E-state index in [2.05, 4.69) is 21.0 Å². The Hall–Kier alpha value is -1.56. The highest BCUT2D eigenvalue weighted by atomic mass is 79.9. The molecule has 0 fully saturated rings. The van der Waals surface area contributed by atoms with Gasteiger partial charge in [0.15, 0.2) is 11.6 Å². The van der Waals surface area contributed by atoms with E-state index in [1.165, 1.54) is 16.8 Å². The van der Waals surface area contributed by atoms with E-state index in [0.717, 1.165) is 5.69 Å². The lowest BCUT2D eigenvalue weighted by atomic mass is 10.3. The molecule has 0 amide bonds. The van der Waals surface area contributed by atoms with Crippen LogP contribution in [0.4, 0.5) is 10.1 Å². The van der Waals surface area contributed by atoms with Crippen molar-refractivity contribution in [3.05, 3.63) is 34.2 Å². The first-order valence-electron chi connectivity index (χ1n) is 5.47. The fraction of sp³-hybridized carbons (Fsp3) is 0.250. The molecular formula is C12H13BrFN3O. The molecule has 4 nitrogen and oxygen atoms in total. The standard InChI is InChI=1S/C12H13BrFN3O/c1-3-9-11(15)12(17(2)16-9)18-10-5-4-7(13)6-8(10)14/h4-6H,3,15H2,1-2H3. The van der Waals surface area contributed by atoms with Gasteiger partial charge in [-0.2, -0.15) is 5.10 Å². The number of nitrogen functional groups attached to an aromatic ring is 1. The Morgan fingerprint density at radius 2 is 2.22 bits per heavy atom. The Bertz CT molecular complexity index is 583. The highest BCUT2D eigenvalue weighted by molar-refractivity contribution is 9.10. The number of aromatic nitrogens is 2. The molecule has 0 unspecified atom stereocenters. The van der Waals surface area contributed by atoms with Gasteiger partial charge in [-0.15, -0.1) is 0 Å². The molecule has 0 aliphatic heterocycles. The van der Waals surface area contributed by atoms with Crippen molar-refractivity contribution in [3.63, 3.8) is 0 Å². The van der Waals surface area contributed by atoms with E-state index >= 15 is 0 Å². The Balaban J connectivity index is 2.37. The van der Waals surface area contributed by atoms with E-state index in [1.54, 1.807) is 13.1 Å². The predicted molar refractivity (Wildman–Crippen MR) is 71.2 cm³/mol. The molecule has 1 heterocycles. The number of aryl methyl sites for hydroxylation is 2. The summed E-state index contributed by atoms with van der Waals surface area (Å²) in [5.41, 5.74) is 7.09. The van der Waals surface area contributed by atoms with E-state index in [1.807, 2.05) is 6.92 Å². The predicted octanol–water partition coefficient (Wildman–Crippen LogP) is 3.26. The van der Waals surface area contributed by atoms with Crippen LogP contribution in [0.15, 0.2) is 22.7 Å². The van der Waals surface area contributed by atoms with E-state index in [4.69, 9.17) is 10.5 Å². The van der Waals surface area contributed by atoms with Crippen LogP contribution in [-0.2, 0) is 13.5 Å². The van der Waals surface area contributed by atoms with Crippen molar-refractivity contribution in [1.29, 1.82) is 0 Å². The van der Waals surface area contributed by atoms with Gasteiger partial charge < -0.3 is 10.5 Å².